The molecule has 0 bridgehead atoms. The number of nitrogens with zero attached hydrogens (tertiary/aromatic N) is 2. The zero-order valence-electron chi connectivity index (χ0n) is 20.6. The van der Waals surface area contributed by atoms with Crippen LogP contribution in [-0.4, -0.2) is 40.1 Å². The Morgan fingerprint density at radius 2 is 1.61 bits per heavy atom. The molecule has 4 aromatic rings. The fourth-order valence-electron chi connectivity index (χ4n) is 3.79. The molecule has 0 saturated carbocycles. The van der Waals surface area contributed by atoms with Crippen molar-refractivity contribution in [2.45, 2.75) is 33.9 Å². The van der Waals surface area contributed by atoms with E-state index in [4.69, 9.17) is 9.15 Å². The van der Waals surface area contributed by atoms with Crippen LogP contribution in [0.4, 0.5) is 4.79 Å². The number of aliphatic carboxylic acids is 1. The molecule has 4 rings (SSSR count). The van der Waals surface area contributed by atoms with Gasteiger partial charge < -0.3 is 24.5 Å². The molecule has 2 N–H and O–H groups in total. The Kier molecular flexibility index (Phi) is 10.0. The number of urea groups is 1. The van der Waals surface area contributed by atoms with Crippen LogP contribution in [0.2, 0.25) is 0 Å². The van der Waals surface area contributed by atoms with Crippen molar-refractivity contribution < 1.29 is 23.8 Å². The Morgan fingerprint density at radius 1 is 0.947 bits per heavy atom. The Labute approximate surface area is 222 Å². The first kappa shape index (κ1) is 28.0. The Balaban J connectivity index is 0.00000400. The number of benzene rings is 3. The normalized spacial score (nSPS) is 10.3. The standard InChI is InChI=1S/C29H29N3O5.CH4/c1-21-26(31-28(37-21)24-10-6-3-7-11-24)16-17-36-25-14-12-23(13-15-25)19-32(20-27(33)34)29(35)30-18-22-8-4-2-5-9-22;/h2-15H,16-20H2,1H3,(H,30,35)(H,33,34);1H4. The highest BCUT2D eigenvalue weighted by molar-refractivity contribution is 5.80. The van der Waals surface area contributed by atoms with Crippen LogP contribution in [0.15, 0.2) is 89.3 Å². The molecule has 2 amide bonds. The van der Waals surface area contributed by atoms with Crippen molar-refractivity contribution in [1.29, 1.82) is 0 Å². The van der Waals surface area contributed by atoms with Crippen LogP contribution >= 0.6 is 0 Å². The molecule has 1 aromatic heterocycles. The average Bonchev–Trinajstić information content (AvgIpc) is 3.29. The summed E-state index contributed by atoms with van der Waals surface area (Å²) in [6, 6.07) is 26.0. The lowest BCUT2D eigenvalue weighted by atomic mass is 10.2. The number of carbonyl (C=O) groups is 2. The molecule has 1 heterocycles. The van der Waals surface area contributed by atoms with Gasteiger partial charge in [-0.25, -0.2) is 9.78 Å². The zero-order chi connectivity index (χ0) is 26.0. The maximum absolute atomic E-state index is 12.6. The van der Waals surface area contributed by atoms with Crippen molar-refractivity contribution in [3.63, 3.8) is 0 Å². The van der Waals surface area contributed by atoms with Gasteiger partial charge in [-0.1, -0.05) is 68.1 Å². The van der Waals surface area contributed by atoms with Crippen LogP contribution < -0.4 is 10.1 Å². The number of aromatic nitrogens is 1. The second kappa shape index (κ2) is 13.6. The molecular formula is C30H33N3O5. The Bertz CT molecular complexity index is 1300. The van der Waals surface area contributed by atoms with E-state index in [9.17, 15) is 14.7 Å². The molecule has 0 spiro atoms. The van der Waals surface area contributed by atoms with E-state index in [2.05, 4.69) is 10.3 Å². The van der Waals surface area contributed by atoms with Crippen LogP contribution in [0.25, 0.3) is 11.5 Å². The van der Waals surface area contributed by atoms with Gasteiger partial charge in [-0.3, -0.25) is 4.79 Å². The predicted octanol–water partition coefficient (Wildman–Crippen LogP) is 5.70. The van der Waals surface area contributed by atoms with Crippen LogP contribution in [0.3, 0.4) is 0 Å². The van der Waals surface area contributed by atoms with E-state index in [1.807, 2.05) is 79.7 Å². The summed E-state index contributed by atoms with van der Waals surface area (Å²) >= 11 is 0. The summed E-state index contributed by atoms with van der Waals surface area (Å²) in [5.41, 5.74) is 3.51. The second-order valence-corrected chi connectivity index (χ2v) is 8.52. The summed E-state index contributed by atoms with van der Waals surface area (Å²) in [5, 5.41) is 12.0. The monoisotopic (exact) mass is 515 g/mol. The van der Waals surface area contributed by atoms with Crippen molar-refractivity contribution in [3.8, 4) is 17.2 Å². The number of hydrogen-bond donors (Lipinski definition) is 2. The van der Waals surface area contributed by atoms with E-state index in [-0.39, 0.29) is 14.0 Å². The maximum Gasteiger partial charge on any atom is 0.323 e. The van der Waals surface area contributed by atoms with Crippen molar-refractivity contribution in [2.24, 2.45) is 0 Å². The van der Waals surface area contributed by atoms with Crippen molar-refractivity contribution in [1.82, 2.24) is 15.2 Å². The number of carboxylic acid groups (broad SMARTS) is 1. The highest BCUT2D eigenvalue weighted by Gasteiger charge is 2.17. The highest BCUT2D eigenvalue weighted by Crippen LogP contribution is 2.22. The minimum Gasteiger partial charge on any atom is -0.493 e. The first-order valence-electron chi connectivity index (χ1n) is 12.0. The smallest absolute Gasteiger partial charge is 0.323 e. The van der Waals surface area contributed by atoms with Gasteiger partial charge in [0.2, 0.25) is 5.89 Å². The Hall–Kier alpha value is -4.59. The largest absolute Gasteiger partial charge is 0.493 e. The number of ether oxygens (including phenoxy) is 1. The number of nitrogens with one attached hydrogen (secondary N) is 1. The van der Waals surface area contributed by atoms with E-state index in [0.29, 0.717) is 31.2 Å². The quantitative estimate of drug-likeness (QED) is 0.265. The molecule has 0 unspecified atom stereocenters. The van der Waals surface area contributed by atoms with Gasteiger partial charge in [0, 0.05) is 25.1 Å². The number of aryl methyl sites for hydroxylation is 1. The molecule has 0 aliphatic carbocycles. The third-order valence-corrected chi connectivity index (χ3v) is 5.72. The highest BCUT2D eigenvalue weighted by atomic mass is 16.5. The predicted molar refractivity (Wildman–Crippen MR) is 146 cm³/mol. The zero-order valence-corrected chi connectivity index (χ0v) is 20.6. The number of rotatable bonds is 11. The lowest BCUT2D eigenvalue weighted by molar-refractivity contribution is -0.137. The molecule has 0 atom stereocenters. The maximum atomic E-state index is 12.6. The molecule has 0 saturated heterocycles. The van der Waals surface area contributed by atoms with Crippen molar-refractivity contribution in [2.75, 3.05) is 13.2 Å². The van der Waals surface area contributed by atoms with Gasteiger partial charge in [0.25, 0.3) is 0 Å². The van der Waals surface area contributed by atoms with Gasteiger partial charge in [0.1, 0.15) is 18.1 Å². The molecular weight excluding hydrogens is 482 g/mol. The number of carbonyl (C=O) groups excluding carboxylic acids is 1. The summed E-state index contributed by atoms with van der Waals surface area (Å²) in [5.74, 6) is 0.956. The Morgan fingerprint density at radius 3 is 2.26 bits per heavy atom. The first-order valence-corrected chi connectivity index (χ1v) is 12.0. The molecule has 198 valence electrons. The average molecular weight is 516 g/mol. The van der Waals surface area contributed by atoms with Crippen LogP contribution in [0.5, 0.6) is 5.75 Å². The van der Waals surface area contributed by atoms with E-state index in [1.165, 1.54) is 4.90 Å². The summed E-state index contributed by atoms with van der Waals surface area (Å²) in [6.45, 7) is 2.39. The van der Waals surface area contributed by atoms with Crippen LogP contribution in [0, 0.1) is 6.92 Å². The number of carboxylic acids is 1. The SMILES string of the molecule is C.Cc1oc(-c2ccccc2)nc1CCOc1ccc(CN(CC(=O)O)C(=O)NCc2ccccc2)cc1. The number of hydrogen-bond acceptors (Lipinski definition) is 5. The van der Waals surface area contributed by atoms with E-state index < -0.39 is 18.5 Å². The van der Waals surface area contributed by atoms with Gasteiger partial charge >= 0.3 is 12.0 Å². The molecule has 0 aliphatic rings. The first-order chi connectivity index (χ1) is 18.0. The molecule has 8 nitrogen and oxygen atoms in total. The topological polar surface area (TPSA) is 105 Å². The molecule has 0 aliphatic heterocycles. The second-order valence-electron chi connectivity index (χ2n) is 8.52. The summed E-state index contributed by atoms with van der Waals surface area (Å²) in [7, 11) is 0. The van der Waals surface area contributed by atoms with Crippen LogP contribution in [0.1, 0.15) is 30.0 Å². The molecule has 38 heavy (non-hydrogen) atoms. The minimum absolute atomic E-state index is 0. The van der Waals surface area contributed by atoms with Gasteiger partial charge in [-0.15, -0.1) is 0 Å². The van der Waals surface area contributed by atoms with Crippen LogP contribution in [-0.2, 0) is 24.3 Å². The summed E-state index contributed by atoms with van der Waals surface area (Å²) in [4.78, 5) is 29.8. The van der Waals surface area contributed by atoms with Crippen molar-refractivity contribution in [3.05, 3.63) is 108 Å². The molecule has 3 aromatic carbocycles. The van der Waals surface area contributed by atoms with Gasteiger partial charge in [0.05, 0.1) is 12.3 Å². The van der Waals surface area contributed by atoms with Gasteiger partial charge in [-0.2, -0.15) is 0 Å². The fraction of sp³-hybridized carbons (Fsp3) is 0.233. The van der Waals surface area contributed by atoms with Gasteiger partial charge in [0.15, 0.2) is 0 Å². The third kappa shape index (κ3) is 7.96. The molecule has 0 radical (unpaired) electrons. The lowest BCUT2D eigenvalue weighted by Gasteiger charge is -2.21. The van der Waals surface area contributed by atoms with E-state index in [1.54, 1.807) is 12.1 Å². The van der Waals surface area contributed by atoms with E-state index in [0.717, 1.165) is 28.1 Å². The van der Waals surface area contributed by atoms with Gasteiger partial charge in [-0.05, 0) is 42.3 Å². The van der Waals surface area contributed by atoms with E-state index >= 15 is 0 Å². The van der Waals surface area contributed by atoms with Crippen molar-refractivity contribution >= 4 is 12.0 Å². The minimum atomic E-state index is -1.08. The number of oxazole rings is 1. The lowest BCUT2D eigenvalue weighted by Crippen LogP contribution is -2.42. The summed E-state index contributed by atoms with van der Waals surface area (Å²) in [6.07, 6.45) is 0.595. The molecule has 0 fully saturated rings. The summed E-state index contributed by atoms with van der Waals surface area (Å²) < 4.78 is 11.7. The third-order valence-electron chi connectivity index (χ3n) is 5.72. The molecule has 8 heteroatoms. The fourth-order valence-corrected chi connectivity index (χ4v) is 3.79. The number of amides is 2.